The van der Waals surface area contributed by atoms with Crippen LogP contribution in [-0.4, -0.2) is 34.1 Å². The van der Waals surface area contributed by atoms with E-state index in [1.165, 1.54) is 0 Å². The lowest BCUT2D eigenvalue weighted by Gasteiger charge is -2.29. The van der Waals surface area contributed by atoms with E-state index in [9.17, 15) is 9.59 Å². The summed E-state index contributed by atoms with van der Waals surface area (Å²) in [5.41, 5.74) is 6.41. The first-order valence-corrected chi connectivity index (χ1v) is 12.7. The van der Waals surface area contributed by atoms with Gasteiger partial charge < -0.3 is 19.7 Å². The molecule has 194 valence electrons. The fourth-order valence-electron chi connectivity index (χ4n) is 5.25. The van der Waals surface area contributed by atoms with Crippen LogP contribution in [0.15, 0.2) is 91.0 Å². The summed E-state index contributed by atoms with van der Waals surface area (Å²) in [6.45, 7) is 0.422. The molecule has 3 N–H and O–H groups in total. The molecule has 0 bridgehead atoms. The monoisotopic (exact) mass is 537 g/mol. The van der Waals surface area contributed by atoms with E-state index in [2.05, 4.69) is 16.4 Å². The van der Waals surface area contributed by atoms with E-state index >= 15 is 0 Å². The molecule has 0 radical (unpaired) electrons. The second kappa shape index (κ2) is 9.85. The maximum absolute atomic E-state index is 14.0. The Morgan fingerprint density at radius 2 is 1.77 bits per heavy atom. The number of nitrogens with zero attached hydrogens (tertiary/aromatic N) is 1. The van der Waals surface area contributed by atoms with Gasteiger partial charge in [-0.2, -0.15) is 0 Å². The summed E-state index contributed by atoms with van der Waals surface area (Å²) in [6.07, 6.45) is -1.12. The van der Waals surface area contributed by atoms with Gasteiger partial charge in [0.2, 0.25) is 0 Å². The lowest BCUT2D eigenvalue weighted by atomic mass is 10.00. The molecule has 1 atom stereocenters. The van der Waals surface area contributed by atoms with Crippen LogP contribution in [0.1, 0.15) is 33.2 Å². The summed E-state index contributed by atoms with van der Waals surface area (Å²) in [7, 11) is 1.61. The minimum Gasteiger partial charge on any atom is -0.496 e. The Kier molecular flexibility index (Phi) is 6.21. The fourth-order valence-corrected chi connectivity index (χ4v) is 5.43. The maximum atomic E-state index is 14.0. The van der Waals surface area contributed by atoms with Gasteiger partial charge in [0.05, 0.1) is 7.11 Å². The predicted octanol–water partition coefficient (Wildman–Crippen LogP) is 7.33. The van der Waals surface area contributed by atoms with Crippen molar-refractivity contribution in [3.63, 3.8) is 0 Å². The Labute approximate surface area is 229 Å². The number of benzene rings is 4. The molecule has 1 aliphatic heterocycles. The van der Waals surface area contributed by atoms with Crippen LogP contribution in [0, 0.1) is 0 Å². The Hall–Kier alpha value is -4.75. The number of carboxylic acid groups (broad SMARTS) is 1. The molecule has 6 rings (SSSR count). The highest BCUT2D eigenvalue weighted by atomic mass is 35.5. The molecule has 0 aliphatic carbocycles. The van der Waals surface area contributed by atoms with Crippen molar-refractivity contribution in [3.8, 4) is 16.9 Å². The summed E-state index contributed by atoms with van der Waals surface area (Å²) in [5, 5.41) is 12.9. The Morgan fingerprint density at radius 1 is 1.00 bits per heavy atom. The van der Waals surface area contributed by atoms with Gasteiger partial charge in [0, 0.05) is 39.6 Å². The molecule has 0 unspecified atom stereocenters. The maximum Gasteiger partial charge on any atom is 0.409 e. The number of halogens is 1. The zero-order valence-electron chi connectivity index (χ0n) is 20.9. The number of aromatic nitrogens is 1. The summed E-state index contributed by atoms with van der Waals surface area (Å²) in [5.74, 6) is 0.546. The molecule has 0 spiro atoms. The van der Waals surface area contributed by atoms with Gasteiger partial charge in [-0.3, -0.25) is 10.1 Å². The van der Waals surface area contributed by atoms with E-state index in [1.54, 1.807) is 25.3 Å². The second-order valence-corrected chi connectivity index (χ2v) is 9.85. The van der Waals surface area contributed by atoms with Crippen LogP contribution >= 0.6 is 11.6 Å². The summed E-state index contributed by atoms with van der Waals surface area (Å²) in [6, 6.07) is 27.9. The van der Waals surface area contributed by atoms with Crippen LogP contribution in [0.4, 0.5) is 10.5 Å². The van der Waals surface area contributed by atoms with Crippen molar-refractivity contribution in [3.05, 3.63) is 118 Å². The number of rotatable bonds is 6. The van der Waals surface area contributed by atoms with Crippen LogP contribution in [-0.2, 0) is 6.54 Å². The molecular weight excluding hydrogens is 514 g/mol. The summed E-state index contributed by atoms with van der Waals surface area (Å²) >= 11 is 6.44. The molecule has 4 aromatic carbocycles. The number of fused-ring (bicyclic) bond motifs is 2. The molecule has 1 aromatic heterocycles. The van der Waals surface area contributed by atoms with Gasteiger partial charge in [0.1, 0.15) is 11.8 Å². The number of para-hydroxylation sites is 1. The van der Waals surface area contributed by atoms with Crippen molar-refractivity contribution in [1.82, 2.24) is 9.88 Å². The average Bonchev–Trinajstić information content (AvgIpc) is 3.50. The third kappa shape index (κ3) is 4.57. The van der Waals surface area contributed by atoms with Gasteiger partial charge in [-0.15, -0.1) is 0 Å². The SMILES string of the molecule is COc1ccc(Cl)cc1[C@H](c1cc2ccccc2[nH]1)N1Cc2ccc(-c3ccc(NC(=O)O)cc3)cc2C1=O. The lowest BCUT2D eigenvalue weighted by Crippen LogP contribution is -2.30. The highest BCUT2D eigenvalue weighted by Crippen LogP contribution is 2.41. The molecule has 0 saturated carbocycles. The van der Waals surface area contributed by atoms with Gasteiger partial charge in [0.15, 0.2) is 0 Å². The Bertz CT molecular complexity index is 1700. The number of hydrogen-bond acceptors (Lipinski definition) is 3. The number of amides is 2. The van der Waals surface area contributed by atoms with Gasteiger partial charge in [0.25, 0.3) is 5.91 Å². The first-order valence-electron chi connectivity index (χ1n) is 12.4. The van der Waals surface area contributed by atoms with Crippen LogP contribution in [0.25, 0.3) is 22.0 Å². The van der Waals surface area contributed by atoms with Crippen LogP contribution in [0.2, 0.25) is 5.02 Å². The van der Waals surface area contributed by atoms with Gasteiger partial charge in [-0.25, -0.2) is 4.79 Å². The topological polar surface area (TPSA) is 94.7 Å². The number of carbonyl (C=O) groups excluding carboxylic acids is 1. The smallest absolute Gasteiger partial charge is 0.409 e. The molecule has 39 heavy (non-hydrogen) atoms. The van der Waals surface area contributed by atoms with Gasteiger partial charge >= 0.3 is 6.09 Å². The number of anilines is 1. The molecule has 0 fully saturated rings. The van der Waals surface area contributed by atoms with Crippen LogP contribution < -0.4 is 10.1 Å². The van der Waals surface area contributed by atoms with Crippen molar-refractivity contribution in [2.45, 2.75) is 12.6 Å². The Morgan fingerprint density at radius 3 is 2.51 bits per heavy atom. The minimum atomic E-state index is -1.12. The zero-order valence-corrected chi connectivity index (χ0v) is 21.7. The van der Waals surface area contributed by atoms with E-state index < -0.39 is 12.1 Å². The molecule has 7 nitrogen and oxygen atoms in total. The molecule has 5 aromatic rings. The van der Waals surface area contributed by atoms with E-state index in [0.717, 1.165) is 38.9 Å². The second-order valence-electron chi connectivity index (χ2n) is 9.41. The van der Waals surface area contributed by atoms with E-state index in [0.29, 0.717) is 28.6 Å². The zero-order chi connectivity index (χ0) is 27.1. The van der Waals surface area contributed by atoms with E-state index in [1.807, 2.05) is 71.6 Å². The number of nitrogens with one attached hydrogen (secondary N) is 2. The van der Waals surface area contributed by atoms with E-state index in [-0.39, 0.29) is 5.91 Å². The highest BCUT2D eigenvalue weighted by molar-refractivity contribution is 6.30. The van der Waals surface area contributed by atoms with Crippen LogP contribution in [0.3, 0.4) is 0 Å². The largest absolute Gasteiger partial charge is 0.496 e. The number of methoxy groups -OCH3 is 1. The number of hydrogen-bond donors (Lipinski definition) is 3. The fraction of sp³-hybridized carbons (Fsp3) is 0.0968. The first-order chi connectivity index (χ1) is 18.9. The average molecular weight is 538 g/mol. The first kappa shape index (κ1) is 24.6. The van der Waals surface area contributed by atoms with Crippen molar-refractivity contribution >= 4 is 40.2 Å². The number of ether oxygens (including phenoxy) is 1. The summed E-state index contributed by atoms with van der Waals surface area (Å²) in [4.78, 5) is 30.3. The molecule has 0 saturated heterocycles. The van der Waals surface area contributed by atoms with Crippen molar-refractivity contribution in [2.24, 2.45) is 0 Å². The number of aromatic amines is 1. The predicted molar refractivity (Wildman–Crippen MR) is 152 cm³/mol. The number of carbonyl (C=O) groups is 2. The Balaban J connectivity index is 1.40. The van der Waals surface area contributed by atoms with Gasteiger partial charge in [-0.1, -0.05) is 54.1 Å². The highest BCUT2D eigenvalue weighted by Gasteiger charge is 2.37. The third-order valence-corrected chi connectivity index (χ3v) is 7.29. The number of H-pyrrole nitrogens is 1. The summed E-state index contributed by atoms with van der Waals surface area (Å²) < 4.78 is 5.71. The minimum absolute atomic E-state index is 0.0956. The molecule has 8 heteroatoms. The van der Waals surface area contributed by atoms with Gasteiger partial charge in [-0.05, 0) is 70.6 Å². The lowest BCUT2D eigenvalue weighted by molar-refractivity contribution is 0.0726. The standard InChI is InChI=1S/C31H24ClN3O4/c1-39-28-13-10-22(32)16-25(28)29(27-15-20-4-2-3-5-26(20)34-27)35-17-21-7-6-19(14-24(21)30(35)36)18-8-11-23(12-9-18)33-31(37)38/h2-16,29,33-34H,17H2,1H3,(H,37,38)/t29-/m1/s1. The molecule has 2 heterocycles. The normalized spacial score (nSPS) is 13.4. The van der Waals surface area contributed by atoms with Crippen molar-refractivity contribution < 1.29 is 19.4 Å². The van der Waals surface area contributed by atoms with Crippen molar-refractivity contribution in [2.75, 3.05) is 12.4 Å². The third-order valence-electron chi connectivity index (χ3n) is 7.05. The quantitative estimate of drug-likeness (QED) is 0.211. The molecule has 1 aliphatic rings. The molecule has 2 amide bonds. The van der Waals surface area contributed by atoms with Crippen LogP contribution in [0.5, 0.6) is 5.75 Å². The molecular formula is C31H24ClN3O4. The van der Waals surface area contributed by atoms with Crippen molar-refractivity contribution in [1.29, 1.82) is 0 Å². The van der Waals surface area contributed by atoms with E-state index in [4.69, 9.17) is 21.4 Å².